The molecule has 1 aromatic heterocycles. The lowest BCUT2D eigenvalue weighted by atomic mass is 10.3. The van der Waals surface area contributed by atoms with E-state index < -0.39 is 0 Å². The van der Waals surface area contributed by atoms with E-state index in [2.05, 4.69) is 15.9 Å². The van der Waals surface area contributed by atoms with Crippen molar-refractivity contribution in [2.45, 2.75) is 0 Å². The molecule has 12 heavy (non-hydrogen) atoms. The van der Waals surface area contributed by atoms with E-state index in [4.69, 9.17) is 0 Å². The van der Waals surface area contributed by atoms with E-state index >= 15 is 0 Å². The molecule has 0 unspecified atom stereocenters. The molecule has 62 valence electrons. The van der Waals surface area contributed by atoms with Gasteiger partial charge >= 0.3 is 0 Å². The van der Waals surface area contributed by atoms with Crippen LogP contribution in [0.25, 0.3) is 10.1 Å². The van der Waals surface area contributed by atoms with E-state index in [1.54, 1.807) is 6.07 Å². The molecule has 0 bridgehead atoms. The van der Waals surface area contributed by atoms with Gasteiger partial charge in [0, 0.05) is 15.2 Å². The first-order valence-electron chi connectivity index (χ1n) is 3.21. The number of hydrogen-bond donors (Lipinski definition) is 0. The maximum Gasteiger partial charge on any atom is 0.154 e. The zero-order valence-electron chi connectivity index (χ0n) is 5.77. The van der Waals surface area contributed by atoms with Crippen molar-refractivity contribution in [2.24, 2.45) is 0 Å². The summed E-state index contributed by atoms with van der Waals surface area (Å²) in [5.74, 6) is -0.108. The Morgan fingerprint density at radius 2 is 2.17 bits per heavy atom. The average Bonchev–Trinajstić information content (AvgIpc) is 2.41. The van der Waals surface area contributed by atoms with Crippen molar-refractivity contribution in [3.8, 4) is 0 Å². The van der Waals surface area contributed by atoms with Crippen molar-refractivity contribution < 1.29 is 4.39 Å². The molecule has 0 spiro atoms. The Kier molecular flexibility index (Phi) is 2.39. The fourth-order valence-corrected chi connectivity index (χ4v) is 3.25. The van der Waals surface area contributed by atoms with Crippen LogP contribution in [-0.4, -0.2) is 0 Å². The summed E-state index contributed by atoms with van der Waals surface area (Å²) in [5, 5.41) is 2.86. The van der Waals surface area contributed by atoms with Gasteiger partial charge in [0.15, 0.2) is 5.82 Å². The van der Waals surface area contributed by atoms with Crippen LogP contribution in [0.1, 0.15) is 0 Å². The zero-order chi connectivity index (χ0) is 8.72. The Bertz CT molecular complexity index is 438. The Balaban J connectivity index is 2.93. The van der Waals surface area contributed by atoms with Gasteiger partial charge in [0.1, 0.15) is 0 Å². The molecular formula is C8H3BrFIS. The van der Waals surface area contributed by atoms with Crippen LogP contribution in [0.5, 0.6) is 0 Å². The quantitative estimate of drug-likeness (QED) is 0.613. The summed E-state index contributed by atoms with van der Waals surface area (Å²) in [6, 6.07) is 3.72. The van der Waals surface area contributed by atoms with Gasteiger partial charge in [0.2, 0.25) is 0 Å². The largest absolute Gasteiger partial charge is 0.204 e. The van der Waals surface area contributed by atoms with Crippen LogP contribution >= 0.6 is 49.9 Å². The SMILES string of the molecule is Fc1c(I)ccc2c(Br)csc12. The first kappa shape index (κ1) is 8.90. The molecule has 0 aliphatic heterocycles. The highest BCUT2D eigenvalue weighted by Crippen LogP contribution is 2.33. The fraction of sp³-hybridized carbons (Fsp3) is 0. The smallest absolute Gasteiger partial charge is 0.154 e. The van der Waals surface area contributed by atoms with Gasteiger partial charge in [-0.2, -0.15) is 0 Å². The standard InChI is InChI=1S/C8H3BrFIS/c9-5-3-12-8-4(5)1-2-6(11)7(8)10/h1-3H. The molecular weight excluding hydrogens is 354 g/mol. The predicted octanol–water partition coefficient (Wildman–Crippen LogP) is 4.41. The lowest BCUT2D eigenvalue weighted by molar-refractivity contribution is 0.634. The molecule has 0 N–H and O–H groups in total. The summed E-state index contributed by atoms with van der Waals surface area (Å²) in [7, 11) is 0. The summed E-state index contributed by atoms with van der Waals surface area (Å²) >= 11 is 6.79. The second-order valence-electron chi connectivity index (χ2n) is 2.32. The third-order valence-corrected chi connectivity index (χ3v) is 4.37. The normalized spacial score (nSPS) is 10.9. The minimum absolute atomic E-state index is 0.108. The van der Waals surface area contributed by atoms with Gasteiger partial charge in [-0.1, -0.05) is 6.07 Å². The van der Waals surface area contributed by atoms with Gasteiger partial charge in [-0.3, -0.25) is 0 Å². The van der Waals surface area contributed by atoms with Crippen LogP contribution in [0.2, 0.25) is 0 Å². The second-order valence-corrected chi connectivity index (χ2v) is 5.22. The molecule has 0 aliphatic carbocycles. The van der Waals surface area contributed by atoms with E-state index in [0.29, 0.717) is 3.57 Å². The number of rotatable bonds is 0. The molecule has 0 saturated heterocycles. The summed E-state index contributed by atoms with van der Waals surface area (Å²) in [4.78, 5) is 0. The minimum atomic E-state index is -0.108. The number of halogens is 3. The highest BCUT2D eigenvalue weighted by atomic mass is 127. The van der Waals surface area contributed by atoms with Gasteiger partial charge < -0.3 is 0 Å². The van der Waals surface area contributed by atoms with Crippen LogP contribution in [0, 0.1) is 9.39 Å². The molecule has 0 saturated carbocycles. The molecule has 2 rings (SSSR count). The van der Waals surface area contributed by atoms with Gasteiger partial charge in [-0.05, 0) is 44.6 Å². The summed E-state index contributed by atoms with van der Waals surface area (Å²) in [5.41, 5.74) is 0. The highest BCUT2D eigenvalue weighted by Gasteiger charge is 2.08. The van der Waals surface area contributed by atoms with Crippen LogP contribution in [0.4, 0.5) is 4.39 Å². The van der Waals surface area contributed by atoms with E-state index in [-0.39, 0.29) is 5.82 Å². The molecule has 0 atom stereocenters. The van der Waals surface area contributed by atoms with Gasteiger partial charge in [0.05, 0.1) is 8.27 Å². The number of fused-ring (bicyclic) bond motifs is 1. The van der Waals surface area contributed by atoms with Crippen LogP contribution in [0.15, 0.2) is 22.0 Å². The number of thiophene rings is 1. The first-order valence-corrected chi connectivity index (χ1v) is 5.96. The first-order chi connectivity index (χ1) is 5.70. The summed E-state index contributed by atoms with van der Waals surface area (Å²) < 4.78 is 15.8. The maximum absolute atomic E-state index is 13.4. The van der Waals surface area contributed by atoms with Crippen LogP contribution in [-0.2, 0) is 0 Å². The van der Waals surface area contributed by atoms with Crippen LogP contribution in [0.3, 0.4) is 0 Å². The highest BCUT2D eigenvalue weighted by molar-refractivity contribution is 14.1. The molecule has 0 amide bonds. The Morgan fingerprint density at radius 3 is 2.92 bits per heavy atom. The second kappa shape index (κ2) is 3.23. The predicted molar refractivity (Wildman–Crippen MR) is 62.2 cm³/mol. The van der Waals surface area contributed by atoms with Crippen molar-refractivity contribution in [3.05, 3.63) is 31.4 Å². The zero-order valence-corrected chi connectivity index (χ0v) is 10.3. The minimum Gasteiger partial charge on any atom is -0.204 e. The number of hydrogen-bond acceptors (Lipinski definition) is 1. The molecule has 4 heteroatoms. The van der Waals surface area contributed by atoms with Gasteiger partial charge in [-0.25, -0.2) is 4.39 Å². The van der Waals surface area contributed by atoms with Gasteiger partial charge in [0.25, 0.3) is 0 Å². The molecule has 0 radical (unpaired) electrons. The van der Waals surface area contributed by atoms with Crippen molar-refractivity contribution in [2.75, 3.05) is 0 Å². The third kappa shape index (κ3) is 1.29. The maximum atomic E-state index is 13.4. The van der Waals surface area contributed by atoms with E-state index in [1.165, 1.54) is 11.3 Å². The number of benzene rings is 1. The molecule has 2 aromatic rings. The van der Waals surface area contributed by atoms with E-state index in [9.17, 15) is 4.39 Å². The van der Waals surface area contributed by atoms with Crippen molar-refractivity contribution in [3.63, 3.8) is 0 Å². The van der Waals surface area contributed by atoms with Gasteiger partial charge in [-0.15, -0.1) is 11.3 Å². The molecule has 0 nitrogen and oxygen atoms in total. The van der Waals surface area contributed by atoms with Crippen LogP contribution < -0.4 is 0 Å². The van der Waals surface area contributed by atoms with Crippen molar-refractivity contribution in [1.82, 2.24) is 0 Å². The average molecular weight is 357 g/mol. The fourth-order valence-electron chi connectivity index (χ4n) is 1.01. The van der Waals surface area contributed by atoms with Crippen molar-refractivity contribution >= 4 is 59.9 Å². The summed E-state index contributed by atoms with van der Waals surface area (Å²) in [6.07, 6.45) is 0. The Morgan fingerprint density at radius 1 is 1.42 bits per heavy atom. The monoisotopic (exact) mass is 356 g/mol. The Labute approximate surface area is 95.0 Å². The molecule has 0 aliphatic rings. The topological polar surface area (TPSA) is 0 Å². The van der Waals surface area contributed by atoms with Crippen molar-refractivity contribution in [1.29, 1.82) is 0 Å². The van der Waals surface area contributed by atoms with E-state index in [0.717, 1.165) is 14.6 Å². The molecule has 0 fully saturated rings. The third-order valence-electron chi connectivity index (χ3n) is 1.59. The lowest BCUT2D eigenvalue weighted by Gasteiger charge is -1.95. The van der Waals surface area contributed by atoms with E-state index in [1.807, 2.05) is 34.0 Å². The summed E-state index contributed by atoms with van der Waals surface area (Å²) in [6.45, 7) is 0. The Hall–Kier alpha value is 0.320. The lowest BCUT2D eigenvalue weighted by Crippen LogP contribution is -1.79. The molecule has 1 aromatic carbocycles. The molecule has 1 heterocycles.